The van der Waals surface area contributed by atoms with Crippen LogP contribution < -0.4 is 11.0 Å². The Morgan fingerprint density at radius 1 is 1.47 bits per heavy atom. The van der Waals surface area contributed by atoms with Crippen molar-refractivity contribution in [1.82, 2.24) is 25.4 Å². The van der Waals surface area contributed by atoms with Gasteiger partial charge in [0.2, 0.25) is 5.91 Å². The molecule has 1 saturated heterocycles. The van der Waals surface area contributed by atoms with Gasteiger partial charge in [-0.05, 0) is 0 Å². The number of rotatable bonds is 3. The average molecular weight is 255 g/mol. The second-order valence-corrected chi connectivity index (χ2v) is 4.54. The summed E-state index contributed by atoms with van der Waals surface area (Å²) in [5, 5.41) is 9.46. The first kappa shape index (κ1) is 12.1. The van der Waals surface area contributed by atoms with Gasteiger partial charge in [-0.15, -0.1) is 0 Å². The van der Waals surface area contributed by atoms with Crippen molar-refractivity contribution in [1.29, 1.82) is 0 Å². The lowest BCUT2D eigenvalue weighted by Gasteiger charge is -2.27. The Morgan fingerprint density at radius 2 is 2.24 bits per heavy atom. The Kier molecular flexibility index (Phi) is 4.10. The third kappa shape index (κ3) is 3.53. The Labute approximate surface area is 102 Å². The summed E-state index contributed by atoms with van der Waals surface area (Å²) in [4.78, 5) is 28.2. The summed E-state index contributed by atoms with van der Waals surface area (Å²) in [6, 6.07) is 0. The fourth-order valence-corrected chi connectivity index (χ4v) is 2.24. The van der Waals surface area contributed by atoms with Crippen LogP contribution in [0.1, 0.15) is 0 Å². The number of thioether (sulfide) groups is 1. The highest BCUT2D eigenvalue weighted by Gasteiger charge is 2.16. The van der Waals surface area contributed by atoms with Gasteiger partial charge in [0.05, 0.1) is 11.9 Å². The van der Waals surface area contributed by atoms with E-state index in [0.29, 0.717) is 5.03 Å². The monoisotopic (exact) mass is 255 g/mol. The molecule has 0 aromatic carbocycles. The van der Waals surface area contributed by atoms with Crippen LogP contribution in [-0.4, -0.2) is 57.9 Å². The highest BCUT2D eigenvalue weighted by molar-refractivity contribution is 7.99. The van der Waals surface area contributed by atoms with Gasteiger partial charge in [-0.25, -0.2) is 9.89 Å². The van der Waals surface area contributed by atoms with Gasteiger partial charge in [0.25, 0.3) is 0 Å². The molecule has 2 rings (SSSR count). The van der Waals surface area contributed by atoms with Crippen molar-refractivity contribution in [2.45, 2.75) is 5.03 Å². The van der Waals surface area contributed by atoms with E-state index in [0.717, 1.165) is 26.2 Å². The quantitative estimate of drug-likeness (QED) is 0.652. The molecule has 1 fully saturated rings. The molecule has 1 aromatic rings. The van der Waals surface area contributed by atoms with E-state index in [1.807, 2.05) is 4.90 Å². The van der Waals surface area contributed by atoms with Crippen LogP contribution in [0, 0.1) is 0 Å². The van der Waals surface area contributed by atoms with Gasteiger partial charge < -0.3 is 10.2 Å². The Bertz CT molecular complexity index is 443. The fraction of sp³-hybridized carbons (Fsp3) is 0.556. The highest BCUT2D eigenvalue weighted by Crippen LogP contribution is 2.12. The standard InChI is InChI=1S/C9H13N5O2S/c15-8(14-3-1-10-2-4-14)6-17-7-5-11-13-9(16)12-7/h5,10H,1-4,6H2,(H,12,13,16). The molecule has 0 atom stereocenters. The van der Waals surface area contributed by atoms with Crippen molar-refractivity contribution in [2.75, 3.05) is 31.9 Å². The van der Waals surface area contributed by atoms with Crippen LogP contribution in [0.5, 0.6) is 0 Å². The summed E-state index contributed by atoms with van der Waals surface area (Å²) in [5.74, 6) is 0.358. The molecule has 92 valence electrons. The smallest absolute Gasteiger partial charge is 0.339 e. The van der Waals surface area contributed by atoms with E-state index in [4.69, 9.17) is 0 Å². The minimum atomic E-state index is -0.496. The van der Waals surface area contributed by atoms with Gasteiger partial charge in [0.15, 0.2) is 0 Å². The normalized spacial score (nSPS) is 15.9. The summed E-state index contributed by atoms with van der Waals surface area (Å²) in [6.07, 6.45) is 1.44. The van der Waals surface area contributed by atoms with Crippen LogP contribution >= 0.6 is 11.8 Å². The van der Waals surface area contributed by atoms with Gasteiger partial charge in [0.1, 0.15) is 5.03 Å². The fourth-order valence-electron chi connectivity index (χ4n) is 1.51. The van der Waals surface area contributed by atoms with Crippen molar-refractivity contribution in [3.8, 4) is 0 Å². The largest absolute Gasteiger partial charge is 0.362 e. The molecule has 0 radical (unpaired) electrons. The molecule has 1 aliphatic rings. The van der Waals surface area contributed by atoms with E-state index < -0.39 is 5.69 Å². The SMILES string of the molecule is O=C(CSc1cn[nH]c(=O)n1)N1CCNCC1. The molecule has 7 nitrogen and oxygen atoms in total. The van der Waals surface area contributed by atoms with Crippen LogP contribution in [0.2, 0.25) is 0 Å². The van der Waals surface area contributed by atoms with E-state index >= 15 is 0 Å². The third-order valence-electron chi connectivity index (χ3n) is 2.36. The maximum atomic E-state index is 11.8. The molecule has 2 N–H and O–H groups in total. The molecular weight excluding hydrogens is 242 g/mol. The van der Waals surface area contributed by atoms with Gasteiger partial charge in [-0.1, -0.05) is 11.8 Å². The maximum absolute atomic E-state index is 11.8. The number of aromatic nitrogens is 3. The van der Waals surface area contributed by atoms with Crippen molar-refractivity contribution < 1.29 is 4.79 Å². The predicted molar refractivity (Wildman–Crippen MR) is 62.8 cm³/mol. The first-order valence-corrected chi connectivity index (χ1v) is 6.27. The van der Waals surface area contributed by atoms with Crippen molar-refractivity contribution >= 4 is 17.7 Å². The van der Waals surface area contributed by atoms with E-state index in [2.05, 4.69) is 20.5 Å². The highest BCUT2D eigenvalue weighted by atomic mass is 32.2. The lowest BCUT2D eigenvalue weighted by Crippen LogP contribution is -2.47. The summed E-state index contributed by atoms with van der Waals surface area (Å²) in [5.41, 5.74) is -0.496. The van der Waals surface area contributed by atoms with Gasteiger partial charge in [0, 0.05) is 26.2 Å². The second-order valence-electron chi connectivity index (χ2n) is 3.54. The van der Waals surface area contributed by atoms with Crippen LogP contribution in [-0.2, 0) is 4.79 Å². The van der Waals surface area contributed by atoms with E-state index in [1.54, 1.807) is 0 Å². The molecule has 0 bridgehead atoms. The van der Waals surface area contributed by atoms with Crippen LogP contribution in [0.4, 0.5) is 0 Å². The number of aromatic amines is 1. The minimum absolute atomic E-state index is 0.0681. The van der Waals surface area contributed by atoms with Crippen LogP contribution in [0.15, 0.2) is 16.0 Å². The number of nitrogens with one attached hydrogen (secondary N) is 2. The van der Waals surface area contributed by atoms with E-state index in [9.17, 15) is 9.59 Å². The van der Waals surface area contributed by atoms with Crippen molar-refractivity contribution in [3.05, 3.63) is 16.7 Å². The molecule has 0 saturated carbocycles. The number of H-pyrrole nitrogens is 1. The van der Waals surface area contributed by atoms with Gasteiger partial charge >= 0.3 is 5.69 Å². The summed E-state index contributed by atoms with van der Waals surface area (Å²) in [7, 11) is 0. The average Bonchev–Trinajstić information content (AvgIpc) is 2.37. The Balaban J connectivity index is 1.85. The minimum Gasteiger partial charge on any atom is -0.339 e. The van der Waals surface area contributed by atoms with Crippen LogP contribution in [0.25, 0.3) is 0 Å². The van der Waals surface area contributed by atoms with Crippen LogP contribution in [0.3, 0.4) is 0 Å². The molecule has 1 aromatic heterocycles. The molecule has 0 aliphatic carbocycles. The zero-order valence-corrected chi connectivity index (χ0v) is 10.00. The number of amides is 1. The molecule has 1 aliphatic heterocycles. The number of hydrogen-bond acceptors (Lipinski definition) is 6. The third-order valence-corrected chi connectivity index (χ3v) is 3.24. The van der Waals surface area contributed by atoms with Gasteiger partial charge in [-0.2, -0.15) is 10.1 Å². The van der Waals surface area contributed by atoms with Gasteiger partial charge in [-0.3, -0.25) is 4.79 Å². The number of carbonyl (C=O) groups excluding carboxylic acids is 1. The number of nitrogens with zero attached hydrogens (tertiary/aromatic N) is 3. The molecule has 0 spiro atoms. The number of piperazine rings is 1. The predicted octanol–water partition coefficient (Wildman–Crippen LogP) is -1.31. The lowest BCUT2D eigenvalue weighted by molar-refractivity contribution is -0.128. The number of hydrogen-bond donors (Lipinski definition) is 2. The number of carbonyl (C=O) groups is 1. The van der Waals surface area contributed by atoms with E-state index in [-0.39, 0.29) is 11.7 Å². The summed E-state index contributed by atoms with van der Waals surface area (Å²) in [6.45, 7) is 3.14. The topological polar surface area (TPSA) is 91.0 Å². The Hall–Kier alpha value is -1.41. The maximum Gasteiger partial charge on any atom is 0.362 e. The molecule has 0 unspecified atom stereocenters. The molecule has 2 heterocycles. The van der Waals surface area contributed by atoms with E-state index in [1.165, 1.54) is 18.0 Å². The Morgan fingerprint density at radius 3 is 2.94 bits per heavy atom. The molecule has 17 heavy (non-hydrogen) atoms. The summed E-state index contributed by atoms with van der Waals surface area (Å²) >= 11 is 1.23. The first-order chi connectivity index (χ1) is 8.25. The lowest BCUT2D eigenvalue weighted by atomic mass is 10.3. The van der Waals surface area contributed by atoms with Crippen molar-refractivity contribution in [3.63, 3.8) is 0 Å². The molecular formula is C9H13N5O2S. The first-order valence-electron chi connectivity index (χ1n) is 5.29. The zero-order chi connectivity index (χ0) is 12.1. The van der Waals surface area contributed by atoms with Crippen molar-refractivity contribution in [2.24, 2.45) is 0 Å². The zero-order valence-electron chi connectivity index (χ0n) is 9.18. The summed E-state index contributed by atoms with van der Waals surface area (Å²) < 4.78 is 0. The molecule has 1 amide bonds. The molecule has 8 heteroatoms. The second kappa shape index (κ2) is 5.78.